The first kappa shape index (κ1) is 20.1. The Kier molecular flexibility index (Phi) is 11.2. The average Bonchev–Trinajstić information content (AvgIpc) is 2.43. The summed E-state index contributed by atoms with van der Waals surface area (Å²) >= 11 is 21.6. The first-order chi connectivity index (χ1) is 9.93. The van der Waals surface area contributed by atoms with Crippen molar-refractivity contribution in [3.63, 3.8) is 0 Å². The van der Waals surface area contributed by atoms with Crippen LogP contribution in [-0.4, -0.2) is 16.4 Å². The van der Waals surface area contributed by atoms with Crippen molar-refractivity contribution in [1.29, 1.82) is 0 Å². The first-order valence-corrected chi connectivity index (χ1v) is 7.57. The number of carboxylic acid groups (broad SMARTS) is 1. The molecule has 2 aromatic carbocycles. The highest BCUT2D eigenvalue weighted by Gasteiger charge is 2.05. The minimum atomic E-state index is -0.833. The fourth-order valence-electron chi connectivity index (χ4n) is 1.34. The van der Waals surface area contributed by atoms with Crippen molar-refractivity contribution in [2.45, 2.75) is 6.92 Å². The van der Waals surface area contributed by atoms with Gasteiger partial charge in [0.05, 0.1) is 15.4 Å². The van der Waals surface area contributed by atoms with E-state index >= 15 is 0 Å². The molecule has 1 N–H and O–H groups in total. The van der Waals surface area contributed by atoms with Crippen molar-refractivity contribution in [3.8, 4) is 11.1 Å². The van der Waals surface area contributed by atoms with E-state index in [1.807, 2.05) is 42.5 Å². The van der Waals surface area contributed by atoms with Gasteiger partial charge in [0, 0.05) is 12.5 Å². The number of carbonyl (C=O) groups is 1. The largest absolute Gasteiger partial charge is 0.481 e. The topological polar surface area (TPSA) is 37.3 Å². The normalized spacial score (nSPS) is 8.81. The van der Waals surface area contributed by atoms with Crippen LogP contribution in [-0.2, 0) is 4.79 Å². The minimum Gasteiger partial charge on any atom is -0.481 e. The Balaban J connectivity index is 0.000000486. The van der Waals surface area contributed by atoms with Crippen LogP contribution in [0, 0.1) is 0 Å². The van der Waals surface area contributed by atoms with Gasteiger partial charge in [0.1, 0.15) is 0 Å². The van der Waals surface area contributed by atoms with Gasteiger partial charge in [-0.15, -0.1) is 23.2 Å². The zero-order valence-corrected chi connectivity index (χ0v) is 14.2. The maximum Gasteiger partial charge on any atom is 0.300 e. The van der Waals surface area contributed by atoms with Gasteiger partial charge in [-0.3, -0.25) is 4.79 Å². The molecule has 0 radical (unpaired) electrons. The van der Waals surface area contributed by atoms with Crippen LogP contribution in [0.25, 0.3) is 11.1 Å². The van der Waals surface area contributed by atoms with Gasteiger partial charge in [-0.1, -0.05) is 65.7 Å². The molecule has 0 bridgehead atoms. The van der Waals surface area contributed by atoms with E-state index in [4.69, 9.17) is 56.3 Å². The molecule has 0 aliphatic rings. The smallest absolute Gasteiger partial charge is 0.300 e. The number of benzene rings is 2. The van der Waals surface area contributed by atoms with Crippen molar-refractivity contribution < 1.29 is 9.90 Å². The van der Waals surface area contributed by atoms with Crippen LogP contribution in [0.3, 0.4) is 0 Å². The molecule has 114 valence electrons. The lowest BCUT2D eigenvalue weighted by Gasteiger charge is -2.04. The summed E-state index contributed by atoms with van der Waals surface area (Å²) in [5.41, 5.74) is 2.06. The number of alkyl halides is 2. The number of hydrogen-bond acceptors (Lipinski definition) is 1. The molecule has 2 rings (SSSR count). The molecule has 0 atom stereocenters. The van der Waals surface area contributed by atoms with Gasteiger partial charge in [0.2, 0.25) is 0 Å². The highest BCUT2D eigenvalue weighted by molar-refractivity contribution is 6.43. The molecule has 6 heteroatoms. The number of hydrogen-bond donors (Lipinski definition) is 1. The van der Waals surface area contributed by atoms with Gasteiger partial charge >= 0.3 is 0 Å². The van der Waals surface area contributed by atoms with Crippen LogP contribution >= 0.6 is 46.4 Å². The third-order valence-corrected chi connectivity index (χ3v) is 2.86. The number of carboxylic acids is 1. The molecule has 0 spiro atoms. The summed E-state index contributed by atoms with van der Waals surface area (Å²) in [7, 11) is 0. The lowest BCUT2D eigenvalue weighted by Crippen LogP contribution is -1.79. The van der Waals surface area contributed by atoms with E-state index in [0.717, 1.165) is 18.1 Å². The highest BCUT2D eigenvalue weighted by Crippen LogP contribution is 2.32. The summed E-state index contributed by atoms with van der Waals surface area (Å²) in [6, 6.07) is 15.6. The Morgan fingerprint density at radius 1 is 1.00 bits per heavy atom. The molecule has 0 saturated heterocycles. The molecule has 2 aromatic rings. The fourth-order valence-corrected chi connectivity index (χ4v) is 1.75. The quantitative estimate of drug-likeness (QED) is 0.611. The zero-order chi connectivity index (χ0) is 16.3. The molecular formula is C15H14Cl4O2. The highest BCUT2D eigenvalue weighted by atomic mass is 35.5. The molecule has 0 heterocycles. The summed E-state index contributed by atoms with van der Waals surface area (Å²) in [6.45, 7) is 1.08. The predicted octanol–water partition coefficient (Wildman–Crippen LogP) is 6.17. The third-order valence-electron chi connectivity index (χ3n) is 2.04. The standard InChI is InChI=1S/C12H8Cl2.C2H4O2.CH2Cl2/c13-11-8-4-7-10(12(11)14)9-5-2-1-3-6-9;1-2(3)4;2-1-3/h1-8H;1H3,(H,3,4);1H2. The number of halogens is 4. The Bertz CT molecular complexity index is 541. The molecule has 21 heavy (non-hydrogen) atoms. The van der Waals surface area contributed by atoms with Crippen molar-refractivity contribution in [1.82, 2.24) is 0 Å². The molecule has 0 unspecified atom stereocenters. The van der Waals surface area contributed by atoms with E-state index in [9.17, 15) is 0 Å². The van der Waals surface area contributed by atoms with Crippen molar-refractivity contribution in [2.24, 2.45) is 0 Å². The van der Waals surface area contributed by atoms with Gasteiger partial charge < -0.3 is 5.11 Å². The molecule has 0 aliphatic carbocycles. The molecule has 0 saturated carbocycles. The average molecular weight is 368 g/mol. The van der Waals surface area contributed by atoms with E-state index in [1.54, 1.807) is 6.07 Å². The van der Waals surface area contributed by atoms with Crippen LogP contribution in [0.1, 0.15) is 6.92 Å². The molecule has 0 aliphatic heterocycles. The zero-order valence-electron chi connectivity index (χ0n) is 11.2. The number of aliphatic carboxylic acids is 1. The summed E-state index contributed by atoms with van der Waals surface area (Å²) in [4.78, 5) is 9.00. The van der Waals surface area contributed by atoms with E-state index in [-0.39, 0.29) is 5.34 Å². The monoisotopic (exact) mass is 366 g/mol. The summed E-state index contributed by atoms with van der Waals surface area (Å²) in [6.07, 6.45) is 0. The first-order valence-electron chi connectivity index (χ1n) is 5.74. The predicted molar refractivity (Wildman–Crippen MR) is 91.8 cm³/mol. The van der Waals surface area contributed by atoms with E-state index in [1.165, 1.54) is 0 Å². The summed E-state index contributed by atoms with van der Waals surface area (Å²) < 4.78 is 0. The maximum atomic E-state index is 9.00. The minimum absolute atomic E-state index is 0.194. The van der Waals surface area contributed by atoms with Gasteiger partial charge in [-0.2, -0.15) is 0 Å². The van der Waals surface area contributed by atoms with Crippen LogP contribution in [0.2, 0.25) is 10.0 Å². The van der Waals surface area contributed by atoms with Gasteiger partial charge in [0.25, 0.3) is 5.97 Å². The summed E-state index contributed by atoms with van der Waals surface area (Å²) in [5.74, 6) is -0.833. The van der Waals surface area contributed by atoms with E-state index < -0.39 is 5.97 Å². The van der Waals surface area contributed by atoms with Crippen LogP contribution in [0.15, 0.2) is 48.5 Å². The SMILES string of the molecule is CC(=O)O.ClCCl.Clc1cccc(-c2ccccc2)c1Cl. The second-order valence-corrected chi connectivity index (χ2v) is 5.18. The second kappa shape index (κ2) is 11.7. The Morgan fingerprint density at radius 3 is 1.95 bits per heavy atom. The van der Waals surface area contributed by atoms with Crippen LogP contribution in [0.4, 0.5) is 0 Å². The van der Waals surface area contributed by atoms with E-state index in [0.29, 0.717) is 10.0 Å². The Morgan fingerprint density at radius 2 is 1.48 bits per heavy atom. The molecular weight excluding hydrogens is 354 g/mol. The van der Waals surface area contributed by atoms with E-state index in [2.05, 4.69) is 0 Å². The van der Waals surface area contributed by atoms with Crippen molar-refractivity contribution in [2.75, 3.05) is 5.34 Å². The van der Waals surface area contributed by atoms with Crippen LogP contribution in [0.5, 0.6) is 0 Å². The van der Waals surface area contributed by atoms with Crippen molar-refractivity contribution in [3.05, 3.63) is 58.6 Å². The van der Waals surface area contributed by atoms with Crippen LogP contribution < -0.4 is 0 Å². The molecule has 0 aromatic heterocycles. The Labute approximate surface area is 144 Å². The van der Waals surface area contributed by atoms with Gasteiger partial charge in [-0.25, -0.2) is 0 Å². The maximum absolute atomic E-state index is 9.00. The Hall–Kier alpha value is -0.930. The molecule has 0 fully saturated rings. The number of rotatable bonds is 1. The van der Waals surface area contributed by atoms with Gasteiger partial charge in [-0.05, 0) is 11.6 Å². The lowest BCUT2D eigenvalue weighted by atomic mass is 10.1. The van der Waals surface area contributed by atoms with Crippen molar-refractivity contribution >= 4 is 52.4 Å². The fraction of sp³-hybridized carbons (Fsp3) is 0.133. The second-order valence-electron chi connectivity index (χ2n) is 3.59. The molecule has 0 amide bonds. The molecule has 2 nitrogen and oxygen atoms in total. The summed E-state index contributed by atoms with van der Waals surface area (Å²) in [5, 5.41) is 8.81. The van der Waals surface area contributed by atoms with Gasteiger partial charge in [0.15, 0.2) is 0 Å². The third kappa shape index (κ3) is 8.84. The lowest BCUT2D eigenvalue weighted by molar-refractivity contribution is -0.134.